The van der Waals surface area contributed by atoms with Gasteiger partial charge in [-0.15, -0.1) is 0 Å². The number of benzene rings is 2. The second kappa shape index (κ2) is 9.79. The zero-order valence-electron chi connectivity index (χ0n) is 20.2. The van der Waals surface area contributed by atoms with E-state index in [0.717, 1.165) is 5.56 Å². The van der Waals surface area contributed by atoms with E-state index in [9.17, 15) is 9.59 Å². The molecule has 3 N–H and O–H groups in total. The Bertz CT molecular complexity index is 1740. The van der Waals surface area contributed by atoms with Crippen LogP contribution in [0.3, 0.4) is 0 Å². The second-order valence-electron chi connectivity index (χ2n) is 8.45. The Morgan fingerprint density at radius 3 is 2.57 bits per heavy atom. The average molecular weight is 490 g/mol. The number of fused-ring (bicyclic) bond motifs is 1. The van der Waals surface area contributed by atoms with Gasteiger partial charge in [-0.05, 0) is 36.6 Å². The Morgan fingerprint density at radius 2 is 1.84 bits per heavy atom. The van der Waals surface area contributed by atoms with Gasteiger partial charge in [0.2, 0.25) is 0 Å². The molecule has 182 valence electrons. The van der Waals surface area contributed by atoms with Crippen LogP contribution in [0.1, 0.15) is 40.3 Å². The number of nitrogens with zero attached hydrogens (tertiary/aromatic N) is 5. The van der Waals surface area contributed by atoms with Crippen LogP contribution in [0.5, 0.6) is 0 Å². The maximum atomic E-state index is 14.0. The molecule has 0 aliphatic carbocycles. The third kappa shape index (κ3) is 4.68. The Morgan fingerprint density at radius 1 is 1.05 bits per heavy atom. The van der Waals surface area contributed by atoms with E-state index in [1.807, 2.05) is 67.8 Å². The van der Waals surface area contributed by atoms with Crippen LogP contribution in [0.4, 0.5) is 5.82 Å². The molecule has 1 unspecified atom stereocenters. The maximum absolute atomic E-state index is 14.0. The number of para-hydroxylation sites is 1. The van der Waals surface area contributed by atoms with Crippen molar-refractivity contribution in [3.8, 4) is 17.5 Å². The molecule has 9 heteroatoms. The number of amides is 1. The molecule has 3 aromatic heterocycles. The third-order valence-corrected chi connectivity index (χ3v) is 5.87. The van der Waals surface area contributed by atoms with Crippen molar-refractivity contribution in [2.45, 2.75) is 13.0 Å². The lowest BCUT2D eigenvalue weighted by Gasteiger charge is -2.21. The van der Waals surface area contributed by atoms with E-state index in [4.69, 9.17) is 5.73 Å². The van der Waals surface area contributed by atoms with Crippen molar-refractivity contribution in [1.29, 1.82) is 0 Å². The van der Waals surface area contributed by atoms with Crippen LogP contribution in [-0.2, 0) is 7.05 Å². The van der Waals surface area contributed by atoms with Gasteiger partial charge in [-0.25, -0.2) is 9.97 Å². The maximum Gasteiger partial charge on any atom is 0.274 e. The van der Waals surface area contributed by atoms with Crippen LogP contribution in [0, 0.1) is 11.8 Å². The van der Waals surface area contributed by atoms with E-state index in [2.05, 4.69) is 32.2 Å². The lowest BCUT2D eigenvalue weighted by atomic mass is 10.0. The first-order valence-corrected chi connectivity index (χ1v) is 11.5. The molecule has 1 amide bonds. The van der Waals surface area contributed by atoms with Crippen LogP contribution < -0.4 is 16.6 Å². The van der Waals surface area contributed by atoms with Crippen LogP contribution in [0.2, 0.25) is 0 Å². The topological polar surface area (TPSA) is 121 Å². The summed E-state index contributed by atoms with van der Waals surface area (Å²) in [6, 6.07) is 16.1. The first kappa shape index (κ1) is 23.5. The van der Waals surface area contributed by atoms with Gasteiger partial charge in [0.1, 0.15) is 0 Å². The molecule has 3 heterocycles. The lowest BCUT2D eigenvalue weighted by molar-refractivity contribution is 0.0934. The van der Waals surface area contributed by atoms with Gasteiger partial charge < -0.3 is 11.1 Å². The van der Waals surface area contributed by atoms with Crippen molar-refractivity contribution in [3.63, 3.8) is 0 Å². The molecular weight excluding hydrogens is 466 g/mol. The van der Waals surface area contributed by atoms with Gasteiger partial charge in [0.15, 0.2) is 11.5 Å². The van der Waals surface area contributed by atoms with E-state index in [1.54, 1.807) is 22.4 Å². The number of hydrogen-bond donors (Lipinski definition) is 2. The highest BCUT2D eigenvalue weighted by Gasteiger charge is 2.21. The summed E-state index contributed by atoms with van der Waals surface area (Å²) in [5.41, 5.74) is 8.23. The number of carbonyl (C=O) groups excluding carboxylic acids is 1. The van der Waals surface area contributed by atoms with E-state index >= 15 is 0 Å². The fourth-order valence-electron chi connectivity index (χ4n) is 4.14. The molecule has 0 spiro atoms. The molecule has 5 aromatic rings. The average Bonchev–Trinajstić information content (AvgIpc) is 3.32. The SMILES string of the molecule is CC(NC(=O)c1nccnc1N)c1cc2cccc(C#Cc3cnn(C)c3)c2c(=O)n1-c1ccccc1. The summed E-state index contributed by atoms with van der Waals surface area (Å²) in [6.07, 6.45) is 6.31. The standard InChI is InChI=1S/C28H23N7O2/c1-18(33-27(36)25-26(29)31-14-13-30-25)23-15-21-8-6-7-20(12-11-19-16-32-34(2)17-19)24(21)28(37)35(23)22-9-4-3-5-10-22/h3-10,13-18H,1-2H3,(H2,29,31)(H,33,36). The van der Waals surface area contributed by atoms with Gasteiger partial charge in [-0.2, -0.15) is 5.10 Å². The number of aromatic nitrogens is 5. The number of anilines is 1. The zero-order valence-corrected chi connectivity index (χ0v) is 20.2. The molecular formula is C28H23N7O2. The number of carbonyl (C=O) groups is 1. The molecule has 0 bridgehead atoms. The Balaban J connectivity index is 1.65. The van der Waals surface area contributed by atoms with Gasteiger partial charge in [0.05, 0.1) is 23.2 Å². The minimum atomic E-state index is -0.559. The summed E-state index contributed by atoms with van der Waals surface area (Å²) in [6.45, 7) is 1.80. The number of pyridine rings is 1. The minimum absolute atomic E-state index is 0.0247. The molecule has 37 heavy (non-hydrogen) atoms. The van der Waals surface area contributed by atoms with Crippen LogP contribution in [0.25, 0.3) is 16.5 Å². The van der Waals surface area contributed by atoms with Crippen LogP contribution in [-0.4, -0.2) is 30.2 Å². The molecule has 0 radical (unpaired) electrons. The van der Waals surface area contributed by atoms with Gasteiger partial charge >= 0.3 is 0 Å². The van der Waals surface area contributed by atoms with Crippen molar-refractivity contribution in [2.24, 2.45) is 7.05 Å². The van der Waals surface area contributed by atoms with Crippen molar-refractivity contribution >= 4 is 22.5 Å². The van der Waals surface area contributed by atoms with Crippen molar-refractivity contribution in [2.75, 3.05) is 5.73 Å². The zero-order chi connectivity index (χ0) is 25.9. The predicted molar refractivity (Wildman–Crippen MR) is 141 cm³/mol. The highest BCUT2D eigenvalue weighted by atomic mass is 16.2. The molecule has 2 aromatic carbocycles. The van der Waals surface area contributed by atoms with Crippen molar-refractivity contribution < 1.29 is 4.79 Å². The van der Waals surface area contributed by atoms with E-state index in [-0.39, 0.29) is 17.1 Å². The summed E-state index contributed by atoms with van der Waals surface area (Å²) in [5, 5.41) is 8.24. The molecule has 9 nitrogen and oxygen atoms in total. The minimum Gasteiger partial charge on any atom is -0.382 e. The van der Waals surface area contributed by atoms with Crippen molar-refractivity contribution in [3.05, 3.63) is 112 Å². The Hall–Kier alpha value is -5.23. The Kier molecular flexibility index (Phi) is 6.22. The number of nitrogen functional groups attached to an aromatic ring is 1. The summed E-state index contributed by atoms with van der Waals surface area (Å²) in [5.74, 6) is 5.76. The van der Waals surface area contributed by atoms with Gasteiger partial charge in [-0.1, -0.05) is 42.2 Å². The first-order valence-electron chi connectivity index (χ1n) is 11.5. The van der Waals surface area contributed by atoms with E-state index in [1.165, 1.54) is 12.4 Å². The normalized spacial score (nSPS) is 11.5. The highest BCUT2D eigenvalue weighted by Crippen LogP contribution is 2.23. The summed E-state index contributed by atoms with van der Waals surface area (Å²) >= 11 is 0. The van der Waals surface area contributed by atoms with Gasteiger partial charge in [0.25, 0.3) is 11.5 Å². The second-order valence-corrected chi connectivity index (χ2v) is 8.45. The molecule has 5 rings (SSSR count). The molecule has 0 saturated carbocycles. The smallest absolute Gasteiger partial charge is 0.274 e. The molecule has 0 saturated heterocycles. The largest absolute Gasteiger partial charge is 0.382 e. The predicted octanol–water partition coefficient (Wildman–Crippen LogP) is 2.99. The lowest BCUT2D eigenvalue weighted by Crippen LogP contribution is -2.33. The van der Waals surface area contributed by atoms with E-state index in [0.29, 0.717) is 27.7 Å². The Labute approximate surface area is 212 Å². The molecule has 0 aliphatic rings. The third-order valence-electron chi connectivity index (χ3n) is 5.87. The fourth-order valence-corrected chi connectivity index (χ4v) is 4.14. The number of rotatable bonds is 4. The molecule has 0 aliphatic heterocycles. The quantitative estimate of drug-likeness (QED) is 0.375. The van der Waals surface area contributed by atoms with Crippen LogP contribution >= 0.6 is 0 Å². The molecule has 0 fully saturated rings. The van der Waals surface area contributed by atoms with Gasteiger partial charge in [0, 0.05) is 42.6 Å². The highest BCUT2D eigenvalue weighted by molar-refractivity contribution is 5.96. The van der Waals surface area contributed by atoms with Crippen molar-refractivity contribution in [1.82, 2.24) is 29.6 Å². The summed E-state index contributed by atoms with van der Waals surface area (Å²) in [7, 11) is 1.82. The number of nitrogens with two attached hydrogens (primary N) is 1. The van der Waals surface area contributed by atoms with Crippen LogP contribution in [0.15, 0.2) is 84.2 Å². The monoisotopic (exact) mass is 489 g/mol. The van der Waals surface area contributed by atoms with Gasteiger partial charge in [-0.3, -0.25) is 18.8 Å². The molecule has 1 atom stereocenters. The number of hydrogen-bond acceptors (Lipinski definition) is 6. The summed E-state index contributed by atoms with van der Waals surface area (Å²) < 4.78 is 3.27. The fraction of sp³-hybridized carbons (Fsp3) is 0.107. The first-order chi connectivity index (χ1) is 17.9. The van der Waals surface area contributed by atoms with E-state index < -0.39 is 11.9 Å². The number of aryl methyl sites for hydroxylation is 1. The number of nitrogens with one attached hydrogen (secondary N) is 1. The summed E-state index contributed by atoms with van der Waals surface area (Å²) in [4.78, 5) is 34.9.